The summed E-state index contributed by atoms with van der Waals surface area (Å²) < 4.78 is 0. The summed E-state index contributed by atoms with van der Waals surface area (Å²) in [6.45, 7) is 8.19. The summed E-state index contributed by atoms with van der Waals surface area (Å²) in [4.78, 5) is 20.3. The molecule has 0 bridgehead atoms. The Kier molecular flexibility index (Phi) is 7.01. The van der Waals surface area contributed by atoms with E-state index in [-0.39, 0.29) is 5.54 Å². The molecule has 2 aromatic rings. The van der Waals surface area contributed by atoms with E-state index >= 15 is 0 Å². The third kappa shape index (κ3) is 6.56. The van der Waals surface area contributed by atoms with Crippen molar-refractivity contribution in [3.63, 3.8) is 0 Å². The molecule has 150 valence electrons. The van der Waals surface area contributed by atoms with Gasteiger partial charge in [0.2, 0.25) is 5.95 Å². The van der Waals surface area contributed by atoms with Gasteiger partial charge in [0.05, 0.1) is 0 Å². The second kappa shape index (κ2) is 9.47. The molecule has 9 heteroatoms. The van der Waals surface area contributed by atoms with Crippen LogP contribution in [0.3, 0.4) is 0 Å². The van der Waals surface area contributed by atoms with E-state index in [2.05, 4.69) is 51.3 Å². The number of anilines is 2. The highest BCUT2D eigenvalue weighted by Crippen LogP contribution is 2.28. The van der Waals surface area contributed by atoms with Gasteiger partial charge in [-0.25, -0.2) is 15.0 Å². The lowest BCUT2D eigenvalue weighted by atomic mass is 10.1. The van der Waals surface area contributed by atoms with Crippen molar-refractivity contribution in [1.82, 2.24) is 25.3 Å². The first-order valence-electron chi connectivity index (χ1n) is 9.57. The number of hydrogen-bond acceptors (Lipinski definition) is 7. The lowest BCUT2D eigenvalue weighted by molar-refractivity contribution is 0.514. The average molecular weight is 418 g/mol. The van der Waals surface area contributed by atoms with E-state index in [4.69, 9.17) is 17.2 Å². The van der Waals surface area contributed by atoms with Gasteiger partial charge in [0.1, 0.15) is 10.8 Å². The summed E-state index contributed by atoms with van der Waals surface area (Å²) >= 11 is 6.85. The van der Waals surface area contributed by atoms with Gasteiger partial charge in [-0.3, -0.25) is 0 Å². The third-order valence-electron chi connectivity index (χ3n) is 4.07. The van der Waals surface area contributed by atoms with E-state index < -0.39 is 0 Å². The molecule has 0 saturated carbocycles. The molecule has 0 aliphatic carbocycles. The number of rotatable bonds is 4. The van der Waals surface area contributed by atoms with Crippen molar-refractivity contribution < 1.29 is 0 Å². The Bertz CT molecular complexity index is 785. The van der Waals surface area contributed by atoms with E-state index in [0.717, 1.165) is 23.9 Å². The fourth-order valence-corrected chi connectivity index (χ4v) is 4.00. The number of nitrogens with zero attached hydrogens (tertiary/aromatic N) is 5. The number of hydrogen-bond donors (Lipinski definition) is 2. The zero-order chi connectivity index (χ0) is 20.0. The Morgan fingerprint density at radius 3 is 2.39 bits per heavy atom. The summed E-state index contributed by atoms with van der Waals surface area (Å²) in [7, 11) is 0. The van der Waals surface area contributed by atoms with Crippen LogP contribution in [0.5, 0.6) is 0 Å². The first-order chi connectivity index (χ1) is 13.4. The van der Waals surface area contributed by atoms with Gasteiger partial charge in [-0.15, -0.1) is 0 Å². The molecule has 0 amide bonds. The van der Waals surface area contributed by atoms with Crippen LogP contribution in [-0.4, -0.2) is 43.7 Å². The van der Waals surface area contributed by atoms with E-state index in [1.807, 2.05) is 6.07 Å². The summed E-state index contributed by atoms with van der Waals surface area (Å²) in [6, 6.07) is 3.81. The van der Waals surface area contributed by atoms with Crippen molar-refractivity contribution in [2.45, 2.75) is 62.2 Å². The van der Waals surface area contributed by atoms with Crippen molar-refractivity contribution in [3.8, 4) is 0 Å². The van der Waals surface area contributed by atoms with Gasteiger partial charge in [-0.1, -0.05) is 12.8 Å². The minimum absolute atomic E-state index is 0.137. The Labute approximate surface area is 176 Å². The standard InChI is InChI=1S/C19H27N7S2/c1-19(2,3)25-17(27)24-16-22-14(26-11-6-4-5-7-12-26)13-15(23-16)28-18-20-9-8-10-21-18/h8-10,13H,4-7,11-12H2,1-3H3,(H2,22,23,24,25,27). The van der Waals surface area contributed by atoms with Crippen LogP contribution in [-0.2, 0) is 0 Å². The molecule has 1 fully saturated rings. The number of thiocarbonyl (C=S) groups is 1. The van der Waals surface area contributed by atoms with Gasteiger partial charge in [0.15, 0.2) is 10.3 Å². The molecule has 1 aliphatic rings. The third-order valence-corrected chi connectivity index (χ3v) is 5.09. The highest BCUT2D eigenvalue weighted by molar-refractivity contribution is 7.99. The number of nitrogens with one attached hydrogen (secondary N) is 2. The second-order valence-corrected chi connectivity index (χ2v) is 9.15. The summed E-state index contributed by atoms with van der Waals surface area (Å²) in [5, 5.41) is 8.33. The largest absolute Gasteiger partial charge is 0.358 e. The minimum atomic E-state index is -0.137. The normalized spacial score (nSPS) is 15.0. The van der Waals surface area contributed by atoms with Gasteiger partial charge in [-0.2, -0.15) is 4.98 Å². The maximum Gasteiger partial charge on any atom is 0.232 e. The monoisotopic (exact) mass is 417 g/mol. The molecule has 0 aromatic carbocycles. The average Bonchev–Trinajstić information content (AvgIpc) is 2.90. The summed E-state index contributed by atoms with van der Waals surface area (Å²) in [5.74, 6) is 1.40. The predicted molar refractivity (Wildman–Crippen MR) is 118 cm³/mol. The minimum Gasteiger partial charge on any atom is -0.358 e. The molecular formula is C19H27N7S2. The Balaban J connectivity index is 1.85. The lowest BCUT2D eigenvalue weighted by Gasteiger charge is -2.24. The first-order valence-corrected chi connectivity index (χ1v) is 10.8. The van der Waals surface area contributed by atoms with Crippen LogP contribution in [0.25, 0.3) is 0 Å². The molecule has 1 saturated heterocycles. The molecule has 1 aliphatic heterocycles. The SMILES string of the molecule is CC(C)(C)NC(=S)Nc1nc(Sc2ncccn2)cc(N2CCCCCC2)n1. The van der Waals surface area contributed by atoms with Crippen LogP contribution in [0.15, 0.2) is 34.7 Å². The Morgan fingerprint density at radius 2 is 1.75 bits per heavy atom. The molecule has 3 rings (SSSR count). The van der Waals surface area contributed by atoms with Crippen LogP contribution in [0.1, 0.15) is 46.5 Å². The van der Waals surface area contributed by atoms with Crippen molar-refractivity contribution >= 4 is 40.9 Å². The molecule has 0 atom stereocenters. The van der Waals surface area contributed by atoms with Crippen LogP contribution in [0.4, 0.5) is 11.8 Å². The predicted octanol–water partition coefficient (Wildman–Crippen LogP) is 3.88. The van der Waals surface area contributed by atoms with Gasteiger partial charge in [0, 0.05) is 37.1 Å². The Hall–Kier alpha value is -2.00. The van der Waals surface area contributed by atoms with Crippen LogP contribution < -0.4 is 15.5 Å². The van der Waals surface area contributed by atoms with Gasteiger partial charge in [0.25, 0.3) is 0 Å². The molecule has 7 nitrogen and oxygen atoms in total. The van der Waals surface area contributed by atoms with Gasteiger partial charge < -0.3 is 15.5 Å². The highest BCUT2D eigenvalue weighted by atomic mass is 32.2. The zero-order valence-corrected chi connectivity index (χ0v) is 18.2. The van der Waals surface area contributed by atoms with Crippen LogP contribution in [0.2, 0.25) is 0 Å². The zero-order valence-electron chi connectivity index (χ0n) is 16.6. The van der Waals surface area contributed by atoms with E-state index in [9.17, 15) is 0 Å². The molecule has 2 N–H and O–H groups in total. The van der Waals surface area contributed by atoms with Crippen molar-refractivity contribution in [2.75, 3.05) is 23.3 Å². The van der Waals surface area contributed by atoms with Gasteiger partial charge in [-0.05, 0) is 63.7 Å². The molecule has 0 radical (unpaired) electrons. The molecule has 0 unspecified atom stereocenters. The molecule has 2 aromatic heterocycles. The van der Waals surface area contributed by atoms with E-state index in [1.165, 1.54) is 37.4 Å². The fourth-order valence-electron chi connectivity index (χ4n) is 2.89. The molecule has 3 heterocycles. The van der Waals surface area contributed by atoms with Crippen molar-refractivity contribution in [3.05, 3.63) is 24.5 Å². The van der Waals surface area contributed by atoms with Crippen LogP contribution >= 0.6 is 24.0 Å². The summed E-state index contributed by atoms with van der Waals surface area (Å²) in [5.41, 5.74) is -0.137. The lowest BCUT2D eigenvalue weighted by Crippen LogP contribution is -2.43. The van der Waals surface area contributed by atoms with E-state index in [0.29, 0.717) is 16.2 Å². The first kappa shape index (κ1) is 20.7. The second-order valence-electron chi connectivity index (χ2n) is 7.75. The van der Waals surface area contributed by atoms with E-state index in [1.54, 1.807) is 18.5 Å². The molecule has 0 spiro atoms. The summed E-state index contributed by atoms with van der Waals surface area (Å²) in [6.07, 6.45) is 8.36. The molecule has 28 heavy (non-hydrogen) atoms. The van der Waals surface area contributed by atoms with Gasteiger partial charge >= 0.3 is 0 Å². The fraction of sp³-hybridized carbons (Fsp3) is 0.526. The highest BCUT2D eigenvalue weighted by Gasteiger charge is 2.17. The smallest absolute Gasteiger partial charge is 0.232 e. The number of aromatic nitrogens is 4. The maximum absolute atomic E-state index is 5.43. The Morgan fingerprint density at radius 1 is 1.07 bits per heavy atom. The maximum atomic E-state index is 5.43. The van der Waals surface area contributed by atoms with Crippen LogP contribution in [0, 0.1) is 0 Å². The topological polar surface area (TPSA) is 78.9 Å². The van der Waals surface area contributed by atoms with Crippen molar-refractivity contribution in [2.24, 2.45) is 0 Å². The molecular weight excluding hydrogens is 390 g/mol. The quantitative estimate of drug-likeness (QED) is 0.437. The van der Waals surface area contributed by atoms with Crippen molar-refractivity contribution in [1.29, 1.82) is 0 Å².